The van der Waals surface area contributed by atoms with Gasteiger partial charge in [0.2, 0.25) is 5.91 Å². The van der Waals surface area contributed by atoms with Crippen LogP contribution in [0.5, 0.6) is 0 Å². The van der Waals surface area contributed by atoms with Crippen LogP contribution in [-0.4, -0.2) is 53.0 Å². The summed E-state index contributed by atoms with van der Waals surface area (Å²) >= 11 is 0. The van der Waals surface area contributed by atoms with E-state index in [1.54, 1.807) is 0 Å². The normalized spacial score (nSPS) is 25.0. The highest BCUT2D eigenvalue weighted by atomic mass is 16.5. The van der Waals surface area contributed by atoms with Crippen LogP contribution in [0, 0.1) is 11.8 Å². The zero-order valence-electron chi connectivity index (χ0n) is 18.0. The lowest BCUT2D eigenvalue weighted by atomic mass is 9.72. The molecule has 3 heterocycles. The molecule has 3 N–H and O–H groups in total. The summed E-state index contributed by atoms with van der Waals surface area (Å²) in [5.74, 6) is -1.24. The number of aliphatic hydroxyl groups is 1. The number of carbonyl (C=O) groups is 2. The molecule has 1 aromatic carbocycles. The minimum atomic E-state index is -1.62. The number of rotatable bonds is 7. The third-order valence-electron chi connectivity index (χ3n) is 6.61. The van der Waals surface area contributed by atoms with E-state index in [1.807, 2.05) is 29.2 Å². The van der Waals surface area contributed by atoms with Crippen LogP contribution in [0.1, 0.15) is 42.6 Å². The number of para-hydroxylation sites is 1. The number of piperidine rings is 1. The van der Waals surface area contributed by atoms with Gasteiger partial charge in [-0.1, -0.05) is 30.4 Å². The molecule has 0 radical (unpaired) electrons. The van der Waals surface area contributed by atoms with Crippen LogP contribution in [0.3, 0.4) is 0 Å². The van der Waals surface area contributed by atoms with Crippen molar-refractivity contribution in [2.75, 3.05) is 20.3 Å². The van der Waals surface area contributed by atoms with Crippen LogP contribution in [0.2, 0.25) is 0 Å². The van der Waals surface area contributed by atoms with Gasteiger partial charge < -0.3 is 25.3 Å². The standard InChI is InChI=1S/C24H29N3O4/c1-24(30,14-28)19-11-21-22-17(12-27(21)23(29)18(19)13-31-2)15(7-5-6-10-25)16-8-3-4-9-20(16)26-22/h3-5,7-9,14,18-19,21,30H,6,10-13,25H2,1-2H3/b7-5+/t18?,19?,21?,24-/m1/s1. The third kappa shape index (κ3) is 3.67. The smallest absolute Gasteiger partial charge is 0.229 e. The van der Waals surface area contributed by atoms with Crippen molar-refractivity contribution in [2.24, 2.45) is 17.6 Å². The maximum Gasteiger partial charge on any atom is 0.229 e. The Morgan fingerprint density at radius 3 is 2.87 bits per heavy atom. The molecule has 164 valence electrons. The van der Waals surface area contributed by atoms with Gasteiger partial charge in [0.25, 0.3) is 0 Å². The highest BCUT2D eigenvalue weighted by Crippen LogP contribution is 2.48. The second kappa shape index (κ2) is 8.49. The summed E-state index contributed by atoms with van der Waals surface area (Å²) in [7, 11) is 1.53. The first-order valence-electron chi connectivity index (χ1n) is 10.7. The number of fused-ring (bicyclic) bond motifs is 4. The number of aromatic nitrogens is 1. The van der Waals surface area contributed by atoms with E-state index in [-0.39, 0.29) is 18.6 Å². The van der Waals surface area contributed by atoms with Crippen LogP contribution in [-0.2, 0) is 20.9 Å². The highest BCUT2D eigenvalue weighted by molar-refractivity contribution is 5.91. The first-order valence-corrected chi connectivity index (χ1v) is 10.7. The van der Waals surface area contributed by atoms with Crippen molar-refractivity contribution >= 4 is 29.2 Å². The zero-order valence-corrected chi connectivity index (χ0v) is 18.0. The van der Waals surface area contributed by atoms with Gasteiger partial charge in [0.05, 0.1) is 29.8 Å². The molecule has 0 aliphatic carbocycles. The summed E-state index contributed by atoms with van der Waals surface area (Å²) in [6.07, 6.45) is 5.88. The molecule has 2 aromatic rings. The van der Waals surface area contributed by atoms with Crippen molar-refractivity contribution in [1.82, 2.24) is 9.88 Å². The van der Waals surface area contributed by atoms with Crippen molar-refractivity contribution in [2.45, 2.75) is 38.0 Å². The van der Waals surface area contributed by atoms with Gasteiger partial charge in [-0.25, -0.2) is 0 Å². The minimum Gasteiger partial charge on any atom is -0.384 e. The van der Waals surface area contributed by atoms with Gasteiger partial charge in [0.1, 0.15) is 5.60 Å². The van der Waals surface area contributed by atoms with Crippen LogP contribution in [0.25, 0.3) is 17.0 Å². The Balaban J connectivity index is 1.84. The average Bonchev–Trinajstić information content (AvgIpc) is 3.14. The zero-order chi connectivity index (χ0) is 22.2. The fourth-order valence-corrected chi connectivity index (χ4v) is 5.01. The Kier molecular flexibility index (Phi) is 5.92. The number of aldehydes is 1. The number of amides is 1. The lowest BCUT2D eigenvalue weighted by Gasteiger charge is -2.43. The molecule has 4 rings (SSSR count). The Hall–Kier alpha value is -2.61. The first-order chi connectivity index (χ1) is 14.9. The largest absolute Gasteiger partial charge is 0.384 e. The van der Waals surface area contributed by atoms with E-state index < -0.39 is 17.4 Å². The molecule has 7 nitrogen and oxygen atoms in total. The van der Waals surface area contributed by atoms with E-state index in [2.05, 4.69) is 12.2 Å². The lowest BCUT2D eigenvalue weighted by molar-refractivity contribution is -0.159. The molecule has 3 unspecified atom stereocenters. The van der Waals surface area contributed by atoms with Crippen molar-refractivity contribution in [1.29, 1.82) is 0 Å². The number of benzene rings is 1. The summed E-state index contributed by atoms with van der Waals surface area (Å²) in [5.41, 5.74) is 7.83. The fraction of sp³-hybridized carbons (Fsp3) is 0.458. The Labute approximate surface area is 181 Å². The van der Waals surface area contributed by atoms with Gasteiger partial charge in [0, 0.05) is 30.5 Å². The molecule has 1 fully saturated rings. The summed E-state index contributed by atoms with van der Waals surface area (Å²) in [6, 6.07) is 7.66. The SMILES string of the molecule is COCC1C(=O)N2Cc3c(nc4ccccc4c3/C=C/CCN)C2CC1[C@](C)(O)C=O. The predicted molar refractivity (Wildman–Crippen MR) is 118 cm³/mol. The molecule has 7 heteroatoms. The molecule has 0 spiro atoms. The number of ether oxygens (including phenoxy) is 1. The molecular weight excluding hydrogens is 394 g/mol. The highest BCUT2D eigenvalue weighted by Gasteiger charge is 2.52. The monoisotopic (exact) mass is 423 g/mol. The molecular formula is C24H29N3O4. The molecule has 2 aliphatic heterocycles. The molecule has 31 heavy (non-hydrogen) atoms. The molecule has 0 bridgehead atoms. The minimum absolute atomic E-state index is 0.107. The van der Waals surface area contributed by atoms with Gasteiger partial charge in [-0.05, 0) is 37.9 Å². The van der Waals surface area contributed by atoms with E-state index in [1.165, 1.54) is 14.0 Å². The van der Waals surface area contributed by atoms with E-state index in [0.717, 1.165) is 34.1 Å². The quantitative estimate of drug-likeness (QED) is 0.662. The molecule has 1 amide bonds. The van der Waals surface area contributed by atoms with Gasteiger partial charge in [-0.3, -0.25) is 9.78 Å². The van der Waals surface area contributed by atoms with E-state index in [4.69, 9.17) is 15.5 Å². The van der Waals surface area contributed by atoms with Crippen molar-refractivity contribution < 1.29 is 19.4 Å². The van der Waals surface area contributed by atoms with Crippen LogP contribution in [0.15, 0.2) is 30.3 Å². The van der Waals surface area contributed by atoms with E-state index >= 15 is 0 Å². The number of methoxy groups -OCH3 is 1. The molecule has 4 atom stereocenters. The topological polar surface area (TPSA) is 106 Å². The second-order valence-corrected chi connectivity index (χ2v) is 8.62. The van der Waals surface area contributed by atoms with Crippen molar-refractivity contribution in [3.8, 4) is 0 Å². The van der Waals surface area contributed by atoms with Crippen LogP contribution < -0.4 is 5.73 Å². The number of pyridine rings is 1. The van der Waals surface area contributed by atoms with Gasteiger partial charge in [0.15, 0.2) is 6.29 Å². The number of hydrogen-bond donors (Lipinski definition) is 2. The molecule has 2 aliphatic rings. The Morgan fingerprint density at radius 1 is 1.39 bits per heavy atom. The maximum absolute atomic E-state index is 13.5. The number of hydrogen-bond acceptors (Lipinski definition) is 6. The summed E-state index contributed by atoms with van der Waals surface area (Å²) in [6.45, 7) is 2.65. The summed E-state index contributed by atoms with van der Waals surface area (Å²) in [5, 5.41) is 11.8. The Morgan fingerprint density at radius 2 is 2.16 bits per heavy atom. The number of nitrogens with two attached hydrogens (primary N) is 1. The summed E-state index contributed by atoms with van der Waals surface area (Å²) < 4.78 is 5.29. The second-order valence-electron chi connectivity index (χ2n) is 8.62. The number of carbonyl (C=O) groups excluding carboxylic acids is 2. The Bertz CT molecular complexity index is 1030. The van der Waals surface area contributed by atoms with Crippen LogP contribution in [0.4, 0.5) is 0 Å². The van der Waals surface area contributed by atoms with E-state index in [0.29, 0.717) is 25.8 Å². The predicted octanol–water partition coefficient (Wildman–Crippen LogP) is 2.21. The third-order valence-corrected chi connectivity index (χ3v) is 6.61. The van der Waals surface area contributed by atoms with Gasteiger partial charge in [-0.2, -0.15) is 0 Å². The average molecular weight is 424 g/mol. The molecule has 1 saturated heterocycles. The van der Waals surface area contributed by atoms with Crippen molar-refractivity contribution in [3.05, 3.63) is 47.2 Å². The summed E-state index contributed by atoms with van der Waals surface area (Å²) in [4.78, 5) is 31.9. The molecule has 0 saturated carbocycles. The van der Waals surface area contributed by atoms with Gasteiger partial charge in [-0.15, -0.1) is 0 Å². The lowest BCUT2D eigenvalue weighted by Crippen LogP contribution is -2.53. The molecule has 1 aromatic heterocycles. The number of nitrogens with zero attached hydrogens (tertiary/aromatic N) is 2. The maximum atomic E-state index is 13.5. The first kappa shape index (κ1) is 21.6. The van der Waals surface area contributed by atoms with Crippen LogP contribution >= 0.6 is 0 Å². The van der Waals surface area contributed by atoms with Crippen molar-refractivity contribution in [3.63, 3.8) is 0 Å². The van der Waals surface area contributed by atoms with Gasteiger partial charge >= 0.3 is 0 Å². The van der Waals surface area contributed by atoms with E-state index in [9.17, 15) is 14.7 Å². The fourth-order valence-electron chi connectivity index (χ4n) is 5.01.